The first kappa shape index (κ1) is 23.8. The molecule has 6 rings (SSSR count). The molecule has 1 aliphatic heterocycles. The van der Waals surface area contributed by atoms with Crippen LogP contribution in [-0.4, -0.2) is 34.2 Å². The normalized spacial score (nSPS) is 19.3. The van der Waals surface area contributed by atoms with Gasteiger partial charge in [0.15, 0.2) is 0 Å². The zero-order chi connectivity index (χ0) is 24.9. The molecule has 7 heteroatoms. The van der Waals surface area contributed by atoms with E-state index in [0.29, 0.717) is 26.9 Å². The topological polar surface area (TPSA) is 66.6 Å². The lowest BCUT2D eigenvalue weighted by molar-refractivity contribution is 0.0662. The van der Waals surface area contributed by atoms with Crippen LogP contribution in [0.25, 0.3) is 17.3 Å². The van der Waals surface area contributed by atoms with Gasteiger partial charge in [-0.2, -0.15) is 0 Å². The Morgan fingerprint density at radius 1 is 1.08 bits per heavy atom. The highest BCUT2D eigenvalue weighted by Crippen LogP contribution is 2.54. The van der Waals surface area contributed by atoms with Crippen molar-refractivity contribution >= 4 is 35.2 Å². The van der Waals surface area contributed by atoms with Crippen molar-refractivity contribution in [2.75, 3.05) is 13.1 Å². The van der Waals surface area contributed by atoms with Crippen molar-refractivity contribution in [3.63, 3.8) is 0 Å². The van der Waals surface area contributed by atoms with Crippen molar-refractivity contribution in [3.05, 3.63) is 80.5 Å². The third-order valence-corrected chi connectivity index (χ3v) is 8.61. The number of rotatable bonds is 6. The van der Waals surface area contributed by atoms with E-state index in [-0.39, 0.29) is 0 Å². The predicted molar refractivity (Wildman–Crippen MR) is 141 cm³/mol. The maximum absolute atomic E-state index is 11.1. The zero-order valence-electron chi connectivity index (χ0n) is 20.0. The van der Waals surface area contributed by atoms with E-state index in [1.807, 2.05) is 30.3 Å². The lowest BCUT2D eigenvalue weighted by atomic mass is 9.60. The minimum absolute atomic E-state index is 0.336. The molecule has 3 aromatic rings. The minimum atomic E-state index is -0.882. The first-order valence-corrected chi connectivity index (χ1v) is 13.3. The fraction of sp³-hybridized carbons (Fsp3) is 0.379. The van der Waals surface area contributed by atoms with Gasteiger partial charge in [0.2, 0.25) is 0 Å². The highest BCUT2D eigenvalue weighted by molar-refractivity contribution is 6.39. The summed E-state index contributed by atoms with van der Waals surface area (Å²) in [6.07, 6.45) is 9.15. The molecule has 1 aromatic heterocycles. The first-order valence-electron chi connectivity index (χ1n) is 12.6. The molecule has 0 atom stereocenters. The van der Waals surface area contributed by atoms with Crippen LogP contribution in [0.1, 0.15) is 71.7 Å². The molecule has 36 heavy (non-hydrogen) atoms. The van der Waals surface area contributed by atoms with Gasteiger partial charge in [-0.3, -0.25) is 4.90 Å². The van der Waals surface area contributed by atoms with Gasteiger partial charge >= 0.3 is 5.97 Å². The molecular weight excluding hydrogens is 495 g/mol. The molecule has 186 valence electrons. The van der Waals surface area contributed by atoms with E-state index in [0.717, 1.165) is 73.5 Å². The molecule has 2 aromatic carbocycles. The van der Waals surface area contributed by atoms with E-state index < -0.39 is 5.97 Å². The summed E-state index contributed by atoms with van der Waals surface area (Å²) >= 11 is 13.0. The smallest absolute Gasteiger partial charge is 0.335 e. The van der Waals surface area contributed by atoms with Crippen LogP contribution in [0.15, 0.2) is 52.6 Å². The molecule has 2 saturated carbocycles. The van der Waals surface area contributed by atoms with Gasteiger partial charge in [0.1, 0.15) is 11.5 Å². The minimum Gasteiger partial charge on any atom is -0.478 e. The Hall–Kier alpha value is -2.60. The standard InChI is InChI=1S/C29H28Cl2N2O3/c30-23-2-1-3-24(31)25(23)26-22(27(36-32-26)20-8-9-20)14-19-15-29(16-19)10-12-33(13-11-29)17-18-4-6-21(7-5-18)28(34)35/h1-7,14,20H,8-13,15-17H2,(H,34,35). The molecule has 1 N–H and O–H groups in total. The number of aromatic carboxylic acids is 1. The number of piperidine rings is 1. The van der Waals surface area contributed by atoms with Crippen molar-refractivity contribution in [1.29, 1.82) is 0 Å². The number of hydrogen-bond donors (Lipinski definition) is 1. The van der Waals surface area contributed by atoms with E-state index in [2.05, 4.69) is 16.1 Å². The quantitative estimate of drug-likeness (QED) is 0.359. The third-order valence-electron chi connectivity index (χ3n) is 7.98. The number of aromatic nitrogens is 1. The lowest BCUT2D eigenvalue weighted by Crippen LogP contribution is -2.44. The van der Waals surface area contributed by atoms with Crippen LogP contribution in [0.3, 0.4) is 0 Å². The molecule has 1 saturated heterocycles. The molecule has 1 spiro atoms. The Bertz CT molecular complexity index is 1300. The second-order valence-corrected chi connectivity index (χ2v) is 11.4. The van der Waals surface area contributed by atoms with E-state index >= 15 is 0 Å². The largest absolute Gasteiger partial charge is 0.478 e. The van der Waals surface area contributed by atoms with Crippen LogP contribution in [0.4, 0.5) is 0 Å². The molecule has 3 fully saturated rings. The van der Waals surface area contributed by atoms with Crippen LogP contribution in [-0.2, 0) is 6.54 Å². The maximum atomic E-state index is 11.1. The SMILES string of the molecule is O=C(O)c1ccc(CN2CCC3(CC2)CC(=Cc2c(-c4c(Cl)cccc4Cl)noc2C2CC2)C3)cc1. The molecule has 2 aliphatic carbocycles. The summed E-state index contributed by atoms with van der Waals surface area (Å²) in [7, 11) is 0. The number of carboxylic acids is 1. The number of carbonyl (C=O) groups is 1. The monoisotopic (exact) mass is 522 g/mol. The summed E-state index contributed by atoms with van der Waals surface area (Å²) < 4.78 is 5.83. The zero-order valence-corrected chi connectivity index (χ0v) is 21.5. The van der Waals surface area contributed by atoms with Crippen LogP contribution in [0, 0.1) is 5.41 Å². The summed E-state index contributed by atoms with van der Waals surface area (Å²) in [4.78, 5) is 13.6. The van der Waals surface area contributed by atoms with E-state index in [9.17, 15) is 4.79 Å². The van der Waals surface area contributed by atoms with Gasteiger partial charge in [-0.05, 0) is 92.9 Å². The van der Waals surface area contributed by atoms with E-state index in [1.54, 1.807) is 12.1 Å². The fourth-order valence-corrected chi connectivity index (χ4v) is 6.34. The van der Waals surface area contributed by atoms with E-state index in [4.69, 9.17) is 32.8 Å². The second kappa shape index (κ2) is 9.37. The second-order valence-electron chi connectivity index (χ2n) is 10.6. The van der Waals surface area contributed by atoms with Gasteiger partial charge < -0.3 is 9.63 Å². The fourth-order valence-electron chi connectivity index (χ4n) is 5.76. The molecule has 0 radical (unpaired) electrons. The molecule has 5 nitrogen and oxygen atoms in total. The Morgan fingerprint density at radius 3 is 2.36 bits per heavy atom. The highest BCUT2D eigenvalue weighted by Gasteiger charge is 2.43. The number of hydrogen-bond acceptors (Lipinski definition) is 4. The molecule has 0 unspecified atom stereocenters. The highest BCUT2D eigenvalue weighted by atomic mass is 35.5. The Balaban J connectivity index is 1.14. The maximum Gasteiger partial charge on any atom is 0.335 e. The Kier molecular flexibility index (Phi) is 6.19. The molecule has 0 amide bonds. The number of carboxylic acid groups (broad SMARTS) is 1. The summed E-state index contributed by atoms with van der Waals surface area (Å²) in [5, 5.41) is 14.7. The van der Waals surface area contributed by atoms with Crippen LogP contribution >= 0.6 is 23.2 Å². The Labute approximate surface area is 220 Å². The number of allylic oxidation sites excluding steroid dienone is 1. The predicted octanol–water partition coefficient (Wildman–Crippen LogP) is 7.68. The van der Waals surface area contributed by atoms with Gasteiger partial charge in [-0.1, -0.05) is 52.1 Å². The Morgan fingerprint density at radius 2 is 1.75 bits per heavy atom. The molecule has 2 heterocycles. The first-order chi connectivity index (χ1) is 17.4. The van der Waals surface area contributed by atoms with Crippen molar-refractivity contribution in [1.82, 2.24) is 10.1 Å². The number of benzene rings is 2. The summed E-state index contributed by atoms with van der Waals surface area (Å²) in [6.45, 7) is 3.00. The molecular formula is C29H28Cl2N2O3. The summed E-state index contributed by atoms with van der Waals surface area (Å²) in [5.74, 6) is 0.534. The van der Waals surface area contributed by atoms with Crippen molar-refractivity contribution in [2.45, 2.75) is 51.0 Å². The van der Waals surface area contributed by atoms with Gasteiger partial charge in [0.05, 0.1) is 15.6 Å². The third kappa shape index (κ3) is 4.60. The average molecular weight is 523 g/mol. The summed E-state index contributed by atoms with van der Waals surface area (Å²) in [6, 6.07) is 12.8. The summed E-state index contributed by atoms with van der Waals surface area (Å²) in [5.41, 5.74) is 5.89. The van der Waals surface area contributed by atoms with Crippen LogP contribution in [0.5, 0.6) is 0 Å². The van der Waals surface area contributed by atoms with Crippen molar-refractivity contribution < 1.29 is 14.4 Å². The number of halogens is 2. The van der Waals surface area contributed by atoms with Gasteiger partial charge in [-0.15, -0.1) is 0 Å². The van der Waals surface area contributed by atoms with Crippen LogP contribution in [0.2, 0.25) is 10.0 Å². The number of likely N-dealkylation sites (tertiary alicyclic amines) is 1. The van der Waals surface area contributed by atoms with Crippen molar-refractivity contribution in [3.8, 4) is 11.3 Å². The van der Waals surface area contributed by atoms with Crippen molar-refractivity contribution in [2.24, 2.45) is 5.41 Å². The van der Waals surface area contributed by atoms with Gasteiger partial charge in [-0.25, -0.2) is 4.79 Å². The molecule has 3 aliphatic rings. The van der Waals surface area contributed by atoms with Gasteiger partial charge in [0, 0.05) is 23.6 Å². The number of nitrogens with zero attached hydrogens (tertiary/aromatic N) is 2. The lowest BCUT2D eigenvalue weighted by Gasteiger charge is -2.49. The average Bonchev–Trinajstić information content (AvgIpc) is 3.61. The van der Waals surface area contributed by atoms with E-state index in [1.165, 1.54) is 18.4 Å². The molecule has 0 bridgehead atoms. The van der Waals surface area contributed by atoms with Crippen LogP contribution < -0.4 is 0 Å². The van der Waals surface area contributed by atoms with Gasteiger partial charge in [0.25, 0.3) is 0 Å².